The molecule has 0 unspecified atom stereocenters. The van der Waals surface area contributed by atoms with Crippen molar-refractivity contribution in [3.63, 3.8) is 0 Å². The topological polar surface area (TPSA) is 117 Å². The number of hydrogen-bond donors (Lipinski definition) is 2. The molecule has 2 aliphatic heterocycles. The van der Waals surface area contributed by atoms with Gasteiger partial charge < -0.3 is 30.2 Å². The van der Waals surface area contributed by atoms with E-state index in [0.29, 0.717) is 25.9 Å². The highest BCUT2D eigenvalue weighted by Crippen LogP contribution is 2.29. The average molecular weight is 446 g/mol. The first kappa shape index (κ1) is 24.0. The number of rotatable bonds is 9. The zero-order valence-electron chi connectivity index (χ0n) is 18.9. The van der Waals surface area contributed by atoms with Gasteiger partial charge in [0.1, 0.15) is 5.75 Å². The molecule has 0 radical (unpaired) electrons. The number of methoxy groups -OCH3 is 1. The summed E-state index contributed by atoms with van der Waals surface area (Å²) >= 11 is 0. The highest BCUT2D eigenvalue weighted by Gasteiger charge is 2.33. The maximum absolute atomic E-state index is 12.9. The van der Waals surface area contributed by atoms with Gasteiger partial charge in [0.05, 0.1) is 33.2 Å². The van der Waals surface area contributed by atoms with Gasteiger partial charge in [-0.25, -0.2) is 0 Å². The number of ether oxygens (including phenoxy) is 1. The summed E-state index contributed by atoms with van der Waals surface area (Å²) in [6.45, 7) is 3.90. The van der Waals surface area contributed by atoms with Crippen LogP contribution >= 0.6 is 0 Å². The first-order chi connectivity index (χ1) is 15.4. The Morgan fingerprint density at radius 2 is 1.81 bits per heavy atom. The largest absolute Gasteiger partial charge is 0.550 e. The van der Waals surface area contributed by atoms with E-state index in [1.54, 1.807) is 7.11 Å². The van der Waals surface area contributed by atoms with Crippen molar-refractivity contribution >= 4 is 17.8 Å². The number of piperidine rings is 2. The number of carbonyl (C=O) groups excluding carboxylic acids is 3. The second kappa shape index (κ2) is 11.3. The number of benzene rings is 1. The highest BCUT2D eigenvalue weighted by atomic mass is 16.5. The molecular formula is C24H35N3O5. The van der Waals surface area contributed by atoms with Gasteiger partial charge in [-0.1, -0.05) is 12.1 Å². The van der Waals surface area contributed by atoms with Gasteiger partial charge in [0, 0.05) is 44.2 Å². The van der Waals surface area contributed by atoms with Crippen LogP contribution in [0.15, 0.2) is 24.3 Å². The Kier molecular flexibility index (Phi) is 8.50. The Morgan fingerprint density at radius 3 is 2.41 bits per heavy atom. The Hall–Kier alpha value is -2.61. The van der Waals surface area contributed by atoms with Crippen LogP contribution in [0.3, 0.4) is 0 Å². The van der Waals surface area contributed by atoms with Gasteiger partial charge in [-0.3, -0.25) is 9.59 Å². The zero-order chi connectivity index (χ0) is 23.1. The van der Waals surface area contributed by atoms with Crippen molar-refractivity contribution in [2.75, 3.05) is 39.8 Å². The summed E-state index contributed by atoms with van der Waals surface area (Å²) in [7, 11) is 1.61. The predicted molar refractivity (Wildman–Crippen MR) is 117 cm³/mol. The molecular weight excluding hydrogens is 410 g/mol. The molecule has 2 amide bonds. The quantitative estimate of drug-likeness (QED) is 0.506. The lowest BCUT2D eigenvalue weighted by Crippen LogP contribution is -3.13. The maximum Gasteiger partial charge on any atom is 0.226 e. The first-order valence-electron chi connectivity index (χ1n) is 11.6. The molecule has 1 aromatic rings. The summed E-state index contributed by atoms with van der Waals surface area (Å²) in [6, 6.07) is 7.50. The second-order valence-electron chi connectivity index (χ2n) is 9.21. The van der Waals surface area contributed by atoms with Gasteiger partial charge in [0.25, 0.3) is 0 Å². The summed E-state index contributed by atoms with van der Waals surface area (Å²) < 4.78 is 5.17. The van der Waals surface area contributed by atoms with Crippen LogP contribution in [-0.2, 0) is 20.8 Å². The molecule has 2 heterocycles. The van der Waals surface area contributed by atoms with Crippen molar-refractivity contribution in [1.82, 2.24) is 4.90 Å². The fraction of sp³-hybridized carbons (Fsp3) is 0.625. The Balaban J connectivity index is 1.55. The Morgan fingerprint density at radius 1 is 1.12 bits per heavy atom. The average Bonchev–Trinajstić information content (AvgIpc) is 2.78. The summed E-state index contributed by atoms with van der Waals surface area (Å²) in [6.07, 6.45) is 3.54. The predicted octanol–water partition coefficient (Wildman–Crippen LogP) is -0.987. The number of hydrogen-bond acceptors (Lipinski definition) is 5. The first-order valence-corrected chi connectivity index (χ1v) is 11.6. The van der Waals surface area contributed by atoms with E-state index in [4.69, 9.17) is 10.5 Å². The molecule has 0 aliphatic carbocycles. The lowest BCUT2D eigenvalue weighted by molar-refractivity contribution is -0.906. The minimum absolute atomic E-state index is 0.0228. The SMILES string of the molecule is COc1ccc(CC(=O)N2CC[C@@H](CC(=O)[O-])[C@@H](CC[NH+]3CCC(C(N)=O)CC3)C2)cc1. The number of nitrogens with two attached hydrogens (primary N) is 1. The maximum atomic E-state index is 12.9. The second-order valence-corrected chi connectivity index (χ2v) is 9.21. The molecule has 1 aromatic carbocycles. The Labute approximate surface area is 189 Å². The summed E-state index contributed by atoms with van der Waals surface area (Å²) in [5, 5.41) is 11.3. The minimum Gasteiger partial charge on any atom is -0.550 e. The summed E-state index contributed by atoms with van der Waals surface area (Å²) in [4.78, 5) is 38.9. The van der Waals surface area contributed by atoms with Crippen molar-refractivity contribution in [2.24, 2.45) is 23.5 Å². The van der Waals surface area contributed by atoms with Gasteiger partial charge in [0.15, 0.2) is 0 Å². The third-order valence-corrected chi connectivity index (χ3v) is 7.15. The fourth-order valence-corrected chi connectivity index (χ4v) is 5.10. The van der Waals surface area contributed by atoms with Crippen LogP contribution in [0.5, 0.6) is 5.75 Å². The van der Waals surface area contributed by atoms with Gasteiger partial charge in [-0.05, 0) is 42.4 Å². The number of carboxylic acid groups (broad SMARTS) is 1. The normalized spacial score (nSPS) is 25.8. The number of aliphatic carboxylic acids is 1. The number of likely N-dealkylation sites (tertiary alicyclic amines) is 2. The van der Waals surface area contributed by atoms with E-state index in [1.165, 1.54) is 4.90 Å². The van der Waals surface area contributed by atoms with Gasteiger partial charge in [-0.2, -0.15) is 0 Å². The molecule has 2 atom stereocenters. The van der Waals surface area contributed by atoms with Crippen LogP contribution in [0.2, 0.25) is 0 Å². The van der Waals surface area contributed by atoms with E-state index < -0.39 is 5.97 Å². The number of nitrogens with zero attached hydrogens (tertiary/aromatic N) is 1. The number of amides is 2. The monoisotopic (exact) mass is 445 g/mol. The third kappa shape index (κ3) is 6.69. The van der Waals surface area contributed by atoms with Gasteiger partial charge in [0.2, 0.25) is 11.8 Å². The van der Waals surface area contributed by atoms with E-state index in [-0.39, 0.29) is 36.0 Å². The molecule has 2 aliphatic rings. The molecule has 176 valence electrons. The molecule has 0 aromatic heterocycles. The lowest BCUT2D eigenvalue weighted by Gasteiger charge is -2.39. The van der Waals surface area contributed by atoms with E-state index in [9.17, 15) is 19.5 Å². The van der Waals surface area contributed by atoms with E-state index in [0.717, 1.165) is 50.2 Å². The zero-order valence-corrected chi connectivity index (χ0v) is 18.9. The number of carbonyl (C=O) groups is 3. The smallest absolute Gasteiger partial charge is 0.226 e. The van der Waals surface area contributed by atoms with E-state index in [2.05, 4.69) is 0 Å². The van der Waals surface area contributed by atoms with Crippen LogP contribution in [0.25, 0.3) is 0 Å². The summed E-state index contributed by atoms with van der Waals surface area (Å²) in [5.41, 5.74) is 6.36. The van der Waals surface area contributed by atoms with Crippen LogP contribution in [0, 0.1) is 17.8 Å². The number of quaternary nitrogens is 1. The van der Waals surface area contributed by atoms with Crippen LogP contribution in [-0.4, -0.2) is 62.5 Å². The van der Waals surface area contributed by atoms with Crippen LogP contribution in [0.4, 0.5) is 0 Å². The lowest BCUT2D eigenvalue weighted by atomic mass is 9.80. The van der Waals surface area contributed by atoms with Crippen LogP contribution in [0.1, 0.15) is 37.7 Å². The van der Waals surface area contributed by atoms with Gasteiger partial charge >= 0.3 is 0 Å². The number of primary amides is 1. The van der Waals surface area contributed by atoms with E-state index >= 15 is 0 Å². The molecule has 8 nitrogen and oxygen atoms in total. The highest BCUT2D eigenvalue weighted by molar-refractivity contribution is 5.79. The molecule has 0 saturated carbocycles. The molecule has 0 spiro atoms. The van der Waals surface area contributed by atoms with Crippen molar-refractivity contribution in [3.05, 3.63) is 29.8 Å². The molecule has 3 rings (SSSR count). The van der Waals surface area contributed by atoms with Crippen molar-refractivity contribution in [1.29, 1.82) is 0 Å². The number of nitrogens with one attached hydrogen (secondary N) is 1. The molecule has 3 N–H and O–H groups in total. The fourth-order valence-electron chi connectivity index (χ4n) is 5.10. The molecule has 32 heavy (non-hydrogen) atoms. The molecule has 2 fully saturated rings. The van der Waals surface area contributed by atoms with Crippen molar-refractivity contribution < 1.29 is 29.1 Å². The van der Waals surface area contributed by atoms with Crippen molar-refractivity contribution in [2.45, 2.75) is 38.5 Å². The summed E-state index contributed by atoms with van der Waals surface area (Å²) in [5.74, 6) is -0.252. The minimum atomic E-state index is -1.02. The Bertz CT molecular complexity index is 789. The standard InChI is InChI=1S/C24H35N3O5/c1-32-21-4-2-17(3-5-21)14-22(28)27-13-9-19(15-23(29)30)20(16-27)8-12-26-10-6-18(7-11-26)24(25)31/h2-5,18-20H,6-16H2,1H3,(H2,25,31)(H,29,30)/t19-,20-/m0/s1. The van der Waals surface area contributed by atoms with Crippen molar-refractivity contribution in [3.8, 4) is 5.75 Å². The molecule has 2 saturated heterocycles. The third-order valence-electron chi connectivity index (χ3n) is 7.15. The van der Waals surface area contributed by atoms with E-state index in [1.807, 2.05) is 29.2 Å². The number of carboxylic acids is 1. The van der Waals surface area contributed by atoms with Crippen LogP contribution < -0.4 is 20.5 Å². The molecule has 8 heteroatoms. The molecule has 0 bridgehead atoms. The van der Waals surface area contributed by atoms with Gasteiger partial charge in [-0.15, -0.1) is 0 Å².